The number of H-pyrrole nitrogens is 1. The lowest BCUT2D eigenvalue weighted by Crippen LogP contribution is -2.09. The van der Waals surface area contributed by atoms with Gasteiger partial charge in [0, 0.05) is 11.5 Å². The lowest BCUT2D eigenvalue weighted by atomic mass is 10.2. The molecular weight excluding hydrogens is 234 g/mol. The summed E-state index contributed by atoms with van der Waals surface area (Å²) in [4.78, 5) is 25.0. The molecule has 1 aromatic carbocycles. The number of ether oxygens (including phenoxy) is 2. The third kappa shape index (κ3) is 2.68. The molecule has 0 fully saturated rings. The summed E-state index contributed by atoms with van der Waals surface area (Å²) in [6.07, 6.45) is 0.171. The molecule has 5 heteroatoms. The number of aromatic nitrogens is 1. The summed E-state index contributed by atoms with van der Waals surface area (Å²) in [5.74, 6) is 0.220. The van der Waals surface area contributed by atoms with E-state index in [9.17, 15) is 9.59 Å². The van der Waals surface area contributed by atoms with Crippen molar-refractivity contribution < 1.29 is 14.3 Å². The highest BCUT2D eigenvalue weighted by Crippen LogP contribution is 2.22. The molecule has 0 aliphatic rings. The largest absolute Gasteiger partial charge is 0.491 e. The van der Waals surface area contributed by atoms with Crippen LogP contribution in [0, 0.1) is 0 Å². The van der Waals surface area contributed by atoms with Gasteiger partial charge >= 0.3 is 5.97 Å². The van der Waals surface area contributed by atoms with E-state index in [2.05, 4.69) is 9.72 Å². The number of carbonyl (C=O) groups is 1. The third-order valence-corrected chi connectivity index (χ3v) is 2.51. The Kier molecular flexibility index (Phi) is 3.62. The van der Waals surface area contributed by atoms with Gasteiger partial charge in [0.1, 0.15) is 5.75 Å². The molecule has 5 nitrogen and oxygen atoms in total. The van der Waals surface area contributed by atoms with Crippen LogP contribution in [-0.2, 0) is 9.53 Å². The van der Waals surface area contributed by atoms with Crippen molar-refractivity contribution in [2.24, 2.45) is 0 Å². The molecule has 0 saturated carbocycles. The van der Waals surface area contributed by atoms with Gasteiger partial charge in [0.15, 0.2) is 0 Å². The number of nitrogens with one attached hydrogen (secondary N) is 1. The zero-order chi connectivity index (χ0) is 13.0. The second-order valence-electron chi connectivity index (χ2n) is 3.72. The first kappa shape index (κ1) is 12.2. The van der Waals surface area contributed by atoms with E-state index < -0.39 is 0 Å². The maximum absolute atomic E-state index is 11.3. The molecule has 94 valence electrons. The fraction of sp³-hybridized carbons (Fsp3) is 0.231. The Morgan fingerprint density at radius 1 is 1.28 bits per heavy atom. The Labute approximate surface area is 103 Å². The average molecular weight is 247 g/mol. The number of hydrogen-bond acceptors (Lipinski definition) is 4. The minimum atomic E-state index is -0.330. The molecule has 0 spiro atoms. The lowest BCUT2D eigenvalue weighted by molar-refractivity contribution is -0.141. The Morgan fingerprint density at radius 2 is 2.11 bits per heavy atom. The van der Waals surface area contributed by atoms with Crippen LogP contribution in [0.15, 0.2) is 35.1 Å². The van der Waals surface area contributed by atoms with Gasteiger partial charge in [-0.2, -0.15) is 0 Å². The van der Waals surface area contributed by atoms with Crippen LogP contribution in [-0.4, -0.2) is 24.7 Å². The van der Waals surface area contributed by atoms with E-state index in [-0.39, 0.29) is 24.6 Å². The quantitative estimate of drug-likeness (QED) is 0.831. The van der Waals surface area contributed by atoms with E-state index in [1.165, 1.54) is 13.2 Å². The smallest absolute Gasteiger partial charge is 0.308 e. The first-order valence-electron chi connectivity index (χ1n) is 5.52. The number of esters is 1. The Morgan fingerprint density at radius 3 is 2.89 bits per heavy atom. The molecule has 2 rings (SSSR count). The predicted octanol–water partition coefficient (Wildman–Crippen LogP) is 1.47. The summed E-state index contributed by atoms with van der Waals surface area (Å²) in [5, 5.41) is 0.880. The summed E-state index contributed by atoms with van der Waals surface area (Å²) in [6.45, 7) is 0.211. The van der Waals surface area contributed by atoms with Crippen LogP contribution in [0.1, 0.15) is 6.42 Å². The molecule has 0 amide bonds. The van der Waals surface area contributed by atoms with Crippen molar-refractivity contribution in [1.82, 2.24) is 4.98 Å². The highest BCUT2D eigenvalue weighted by molar-refractivity contribution is 5.84. The summed E-state index contributed by atoms with van der Waals surface area (Å²) in [6, 6.07) is 8.63. The second kappa shape index (κ2) is 5.35. The monoisotopic (exact) mass is 247 g/mol. The SMILES string of the molecule is COC(=O)CCOc1cccc2ccc(=O)[nH]c12. The van der Waals surface area contributed by atoms with Gasteiger partial charge in [-0.25, -0.2) is 0 Å². The number of rotatable bonds is 4. The Hall–Kier alpha value is -2.30. The van der Waals surface area contributed by atoms with Crippen LogP contribution in [0.2, 0.25) is 0 Å². The number of pyridine rings is 1. The summed E-state index contributed by atoms with van der Waals surface area (Å²) >= 11 is 0. The zero-order valence-electron chi connectivity index (χ0n) is 9.93. The van der Waals surface area contributed by atoms with Crippen molar-refractivity contribution >= 4 is 16.9 Å². The minimum Gasteiger partial charge on any atom is -0.491 e. The fourth-order valence-electron chi connectivity index (χ4n) is 1.62. The van der Waals surface area contributed by atoms with E-state index in [0.717, 1.165) is 5.39 Å². The molecule has 0 saturated heterocycles. The molecule has 0 aliphatic heterocycles. The number of methoxy groups -OCH3 is 1. The normalized spacial score (nSPS) is 10.3. The number of aromatic amines is 1. The number of carbonyl (C=O) groups excluding carboxylic acids is 1. The van der Waals surface area contributed by atoms with Crippen LogP contribution in [0.5, 0.6) is 5.75 Å². The van der Waals surface area contributed by atoms with Gasteiger partial charge in [0.2, 0.25) is 5.56 Å². The average Bonchev–Trinajstić information content (AvgIpc) is 2.39. The van der Waals surface area contributed by atoms with Crippen molar-refractivity contribution in [1.29, 1.82) is 0 Å². The molecule has 0 radical (unpaired) electrons. The summed E-state index contributed by atoms with van der Waals surface area (Å²) in [7, 11) is 1.33. The van der Waals surface area contributed by atoms with E-state index in [4.69, 9.17) is 4.74 Å². The van der Waals surface area contributed by atoms with Gasteiger partial charge in [0.25, 0.3) is 0 Å². The van der Waals surface area contributed by atoms with Gasteiger partial charge in [-0.15, -0.1) is 0 Å². The molecule has 0 unspecified atom stereocenters. The van der Waals surface area contributed by atoms with Gasteiger partial charge in [-0.1, -0.05) is 12.1 Å². The molecule has 18 heavy (non-hydrogen) atoms. The molecule has 2 aromatic rings. The van der Waals surface area contributed by atoms with Crippen LogP contribution < -0.4 is 10.3 Å². The minimum absolute atomic E-state index is 0.171. The van der Waals surface area contributed by atoms with E-state index in [1.54, 1.807) is 12.1 Å². The van der Waals surface area contributed by atoms with Crippen molar-refractivity contribution in [2.75, 3.05) is 13.7 Å². The van der Waals surface area contributed by atoms with Crippen LogP contribution in [0.4, 0.5) is 0 Å². The maximum Gasteiger partial charge on any atom is 0.308 e. The second-order valence-corrected chi connectivity index (χ2v) is 3.72. The van der Waals surface area contributed by atoms with Gasteiger partial charge < -0.3 is 14.5 Å². The molecule has 0 atom stereocenters. The topological polar surface area (TPSA) is 68.4 Å². The van der Waals surface area contributed by atoms with E-state index >= 15 is 0 Å². The first-order chi connectivity index (χ1) is 8.70. The summed E-state index contributed by atoms with van der Waals surface area (Å²) < 4.78 is 9.99. The zero-order valence-corrected chi connectivity index (χ0v) is 9.93. The number of benzene rings is 1. The predicted molar refractivity (Wildman–Crippen MR) is 66.7 cm³/mol. The lowest BCUT2D eigenvalue weighted by Gasteiger charge is -2.08. The highest BCUT2D eigenvalue weighted by atomic mass is 16.5. The van der Waals surface area contributed by atoms with E-state index in [0.29, 0.717) is 11.3 Å². The van der Waals surface area contributed by atoms with E-state index in [1.807, 2.05) is 12.1 Å². The molecule has 1 heterocycles. The number of hydrogen-bond donors (Lipinski definition) is 1. The van der Waals surface area contributed by atoms with Crippen LogP contribution in [0.25, 0.3) is 10.9 Å². The number of fused-ring (bicyclic) bond motifs is 1. The van der Waals surface area contributed by atoms with Crippen LogP contribution >= 0.6 is 0 Å². The summed E-state index contributed by atoms with van der Waals surface area (Å²) in [5.41, 5.74) is 0.446. The standard InChI is InChI=1S/C13H13NO4/c1-17-12(16)7-8-18-10-4-2-3-9-5-6-11(15)14-13(9)10/h2-6H,7-8H2,1H3,(H,14,15). The van der Waals surface area contributed by atoms with Gasteiger partial charge in [-0.05, 0) is 12.1 Å². The van der Waals surface area contributed by atoms with Crippen molar-refractivity contribution in [2.45, 2.75) is 6.42 Å². The van der Waals surface area contributed by atoms with Gasteiger partial charge in [-0.3, -0.25) is 9.59 Å². The molecule has 1 N–H and O–H groups in total. The van der Waals surface area contributed by atoms with Crippen molar-refractivity contribution in [3.8, 4) is 5.75 Å². The number of para-hydroxylation sites is 1. The Balaban J connectivity index is 2.20. The van der Waals surface area contributed by atoms with Crippen molar-refractivity contribution in [3.05, 3.63) is 40.7 Å². The third-order valence-electron chi connectivity index (χ3n) is 2.51. The van der Waals surface area contributed by atoms with Crippen LogP contribution in [0.3, 0.4) is 0 Å². The fourth-order valence-corrected chi connectivity index (χ4v) is 1.62. The highest BCUT2D eigenvalue weighted by Gasteiger charge is 2.05. The maximum atomic E-state index is 11.3. The molecular formula is C13H13NO4. The first-order valence-corrected chi connectivity index (χ1v) is 5.52. The molecule has 0 aliphatic carbocycles. The van der Waals surface area contributed by atoms with Gasteiger partial charge in [0.05, 0.1) is 25.7 Å². The van der Waals surface area contributed by atoms with Crippen molar-refractivity contribution in [3.63, 3.8) is 0 Å². The molecule has 1 aromatic heterocycles. The molecule has 0 bridgehead atoms. The Bertz CT molecular complexity index is 618.